The number of hydrogen-bond donors (Lipinski definition) is 0. The number of hydrogen-bond acceptors (Lipinski definition) is 6. The standard InChI is InChI=1S/C24H30N4OS/c1-4-19-12-20-22(25-16-26-23(20)30-19)27-10-9-24(13-27)14-28(15-24)17(2)11-18-7-5-6-8-21(18)29-3/h5-8,12,16-17H,4,9-11,13-15H2,1-3H3. The summed E-state index contributed by atoms with van der Waals surface area (Å²) in [4.78, 5) is 16.8. The number of benzene rings is 1. The lowest BCUT2D eigenvalue weighted by Crippen LogP contribution is -2.60. The van der Waals surface area contributed by atoms with Crippen molar-refractivity contribution in [3.8, 4) is 5.75 Å². The van der Waals surface area contributed by atoms with Crippen LogP contribution in [0.15, 0.2) is 36.7 Å². The molecule has 0 amide bonds. The van der Waals surface area contributed by atoms with Crippen molar-refractivity contribution < 1.29 is 4.74 Å². The van der Waals surface area contributed by atoms with Gasteiger partial charge < -0.3 is 9.64 Å². The molecule has 30 heavy (non-hydrogen) atoms. The second-order valence-corrected chi connectivity index (χ2v) is 10.0. The molecule has 2 aromatic heterocycles. The van der Waals surface area contributed by atoms with Crippen LogP contribution in [0.5, 0.6) is 5.75 Å². The number of ether oxygens (including phenoxy) is 1. The Morgan fingerprint density at radius 3 is 2.83 bits per heavy atom. The van der Waals surface area contributed by atoms with Gasteiger partial charge in [-0.05, 0) is 43.9 Å². The Morgan fingerprint density at radius 1 is 1.20 bits per heavy atom. The van der Waals surface area contributed by atoms with Gasteiger partial charge in [0.05, 0.1) is 12.5 Å². The van der Waals surface area contributed by atoms with Gasteiger partial charge >= 0.3 is 0 Å². The Labute approximate surface area is 182 Å². The third kappa shape index (κ3) is 3.46. The van der Waals surface area contributed by atoms with Gasteiger partial charge in [-0.1, -0.05) is 25.1 Å². The van der Waals surface area contributed by atoms with Gasteiger partial charge in [-0.3, -0.25) is 4.90 Å². The predicted molar refractivity (Wildman–Crippen MR) is 124 cm³/mol. The van der Waals surface area contributed by atoms with Gasteiger partial charge in [0, 0.05) is 42.5 Å². The average molecular weight is 423 g/mol. The van der Waals surface area contributed by atoms with Crippen LogP contribution in [0, 0.1) is 5.41 Å². The van der Waals surface area contributed by atoms with Crippen LogP contribution in [0.4, 0.5) is 5.82 Å². The minimum atomic E-state index is 0.413. The van der Waals surface area contributed by atoms with Gasteiger partial charge in [0.1, 0.15) is 22.7 Å². The Hall–Kier alpha value is -2.18. The zero-order chi connectivity index (χ0) is 20.7. The monoisotopic (exact) mass is 422 g/mol. The quantitative estimate of drug-likeness (QED) is 0.589. The van der Waals surface area contributed by atoms with Crippen molar-refractivity contribution in [3.63, 3.8) is 0 Å². The Kier molecular flexibility index (Phi) is 5.15. The lowest BCUT2D eigenvalue weighted by atomic mass is 9.77. The van der Waals surface area contributed by atoms with Crippen molar-refractivity contribution in [2.45, 2.75) is 39.2 Å². The molecule has 1 unspecified atom stereocenters. The number of nitrogens with zero attached hydrogens (tertiary/aromatic N) is 4. The van der Waals surface area contributed by atoms with Crippen LogP contribution in [0.2, 0.25) is 0 Å². The smallest absolute Gasteiger partial charge is 0.140 e. The predicted octanol–water partition coefficient (Wildman–Crippen LogP) is 4.41. The van der Waals surface area contributed by atoms with E-state index in [-0.39, 0.29) is 0 Å². The normalized spacial score (nSPS) is 19.4. The van der Waals surface area contributed by atoms with Gasteiger partial charge in [0.2, 0.25) is 0 Å². The summed E-state index contributed by atoms with van der Waals surface area (Å²) in [5.74, 6) is 2.13. The van der Waals surface area contributed by atoms with Crippen molar-refractivity contribution in [2.24, 2.45) is 5.41 Å². The summed E-state index contributed by atoms with van der Waals surface area (Å²) in [5, 5.41) is 1.23. The number of para-hydroxylation sites is 1. The van der Waals surface area contributed by atoms with E-state index >= 15 is 0 Å². The molecule has 2 aliphatic rings. The number of thiophene rings is 1. The zero-order valence-corrected chi connectivity index (χ0v) is 18.9. The maximum absolute atomic E-state index is 5.54. The lowest BCUT2D eigenvalue weighted by Gasteiger charge is -2.51. The summed E-state index contributed by atoms with van der Waals surface area (Å²) >= 11 is 1.80. The van der Waals surface area contributed by atoms with E-state index in [0.717, 1.165) is 42.3 Å². The number of aromatic nitrogens is 2. The van der Waals surface area contributed by atoms with Gasteiger partial charge in [-0.25, -0.2) is 9.97 Å². The molecular weight excluding hydrogens is 392 g/mol. The minimum absolute atomic E-state index is 0.413. The zero-order valence-electron chi connectivity index (χ0n) is 18.1. The van der Waals surface area contributed by atoms with E-state index in [0.29, 0.717) is 11.5 Å². The molecule has 2 aliphatic heterocycles. The van der Waals surface area contributed by atoms with E-state index in [2.05, 4.69) is 57.9 Å². The Balaban J connectivity index is 1.25. The van der Waals surface area contributed by atoms with Crippen molar-refractivity contribution in [1.29, 1.82) is 0 Å². The number of methoxy groups -OCH3 is 1. The fourth-order valence-electron chi connectivity index (χ4n) is 5.14. The summed E-state index contributed by atoms with van der Waals surface area (Å²) in [7, 11) is 1.76. The number of fused-ring (bicyclic) bond motifs is 1. The summed E-state index contributed by atoms with van der Waals surface area (Å²) in [6.07, 6.45) is 5.08. The van der Waals surface area contributed by atoms with Crippen LogP contribution in [-0.2, 0) is 12.8 Å². The highest BCUT2D eigenvalue weighted by Crippen LogP contribution is 2.43. The molecule has 0 radical (unpaired) electrons. The van der Waals surface area contributed by atoms with Crippen molar-refractivity contribution in [2.75, 3.05) is 38.2 Å². The first kappa shape index (κ1) is 19.8. The SMILES string of the molecule is CCc1cc2c(N3CCC4(C3)CN(C(C)Cc3ccccc3OC)C4)ncnc2s1. The minimum Gasteiger partial charge on any atom is -0.496 e. The van der Waals surface area contributed by atoms with Crippen molar-refractivity contribution >= 4 is 27.4 Å². The number of aryl methyl sites for hydroxylation is 1. The van der Waals surface area contributed by atoms with Crippen molar-refractivity contribution in [1.82, 2.24) is 14.9 Å². The molecule has 0 N–H and O–H groups in total. The molecule has 158 valence electrons. The topological polar surface area (TPSA) is 41.5 Å². The molecular formula is C24H30N4OS. The highest BCUT2D eigenvalue weighted by Gasteiger charge is 2.49. The highest BCUT2D eigenvalue weighted by atomic mass is 32.1. The van der Waals surface area contributed by atoms with Crippen LogP contribution in [0.25, 0.3) is 10.2 Å². The first-order chi connectivity index (χ1) is 14.6. The fraction of sp³-hybridized carbons (Fsp3) is 0.500. The molecule has 1 spiro atoms. The molecule has 0 saturated carbocycles. The summed E-state index contributed by atoms with van der Waals surface area (Å²) in [6, 6.07) is 11.2. The van der Waals surface area contributed by atoms with E-state index in [1.807, 2.05) is 6.07 Å². The van der Waals surface area contributed by atoms with E-state index < -0.39 is 0 Å². The van der Waals surface area contributed by atoms with Crippen LogP contribution in [0.1, 0.15) is 30.7 Å². The molecule has 6 heteroatoms. The second-order valence-electron chi connectivity index (χ2n) is 8.92. The largest absolute Gasteiger partial charge is 0.496 e. The van der Waals surface area contributed by atoms with Gasteiger partial charge in [-0.15, -0.1) is 11.3 Å². The summed E-state index contributed by atoms with van der Waals surface area (Å²) in [5.41, 5.74) is 1.71. The van der Waals surface area contributed by atoms with E-state index in [1.54, 1.807) is 24.8 Å². The molecule has 4 heterocycles. The first-order valence-corrected chi connectivity index (χ1v) is 11.8. The first-order valence-electron chi connectivity index (χ1n) is 10.9. The van der Waals surface area contributed by atoms with E-state index in [1.165, 1.54) is 35.3 Å². The summed E-state index contributed by atoms with van der Waals surface area (Å²) < 4.78 is 5.54. The lowest BCUT2D eigenvalue weighted by molar-refractivity contribution is -0.0110. The van der Waals surface area contributed by atoms with Crippen molar-refractivity contribution in [3.05, 3.63) is 47.1 Å². The van der Waals surface area contributed by atoms with Crippen LogP contribution in [0.3, 0.4) is 0 Å². The van der Waals surface area contributed by atoms with Crippen LogP contribution < -0.4 is 9.64 Å². The maximum atomic E-state index is 5.54. The Morgan fingerprint density at radius 2 is 2.03 bits per heavy atom. The van der Waals surface area contributed by atoms with Crippen LogP contribution >= 0.6 is 11.3 Å². The number of rotatable bonds is 6. The van der Waals surface area contributed by atoms with Gasteiger partial charge in [-0.2, -0.15) is 0 Å². The molecule has 0 bridgehead atoms. The van der Waals surface area contributed by atoms with E-state index in [9.17, 15) is 0 Å². The molecule has 5 nitrogen and oxygen atoms in total. The third-order valence-corrected chi connectivity index (χ3v) is 8.04. The Bertz CT molecular complexity index is 1040. The molecule has 0 aliphatic carbocycles. The van der Waals surface area contributed by atoms with Gasteiger partial charge in [0.15, 0.2) is 0 Å². The second kappa shape index (κ2) is 7.82. The molecule has 5 rings (SSSR count). The molecule has 3 aromatic rings. The maximum Gasteiger partial charge on any atom is 0.140 e. The average Bonchev–Trinajstić information content (AvgIpc) is 3.37. The molecule has 2 fully saturated rings. The fourth-order valence-corrected chi connectivity index (χ4v) is 6.07. The highest BCUT2D eigenvalue weighted by molar-refractivity contribution is 7.18. The number of likely N-dealkylation sites (tertiary alicyclic amines) is 1. The summed E-state index contributed by atoms with van der Waals surface area (Å²) in [6.45, 7) is 9.11. The number of anilines is 1. The molecule has 2 saturated heterocycles. The van der Waals surface area contributed by atoms with E-state index in [4.69, 9.17) is 4.74 Å². The molecule has 1 aromatic carbocycles. The van der Waals surface area contributed by atoms with Gasteiger partial charge in [0.25, 0.3) is 0 Å². The van der Waals surface area contributed by atoms with Crippen LogP contribution in [-0.4, -0.2) is 54.2 Å². The molecule has 1 atom stereocenters. The third-order valence-electron chi connectivity index (χ3n) is 6.85.